The maximum absolute atomic E-state index is 10.5. The SMILES string of the molecule is CN1CCC(CN(C)CC2(O)CCCCC2)C1. The monoisotopic (exact) mass is 240 g/mol. The number of hydrogen-bond acceptors (Lipinski definition) is 3. The number of rotatable bonds is 4. The third-order valence-electron chi connectivity index (χ3n) is 4.41. The van der Waals surface area contributed by atoms with Crippen LogP contribution in [0, 0.1) is 5.92 Å². The highest BCUT2D eigenvalue weighted by Gasteiger charge is 2.31. The highest BCUT2D eigenvalue weighted by Crippen LogP contribution is 2.29. The first-order chi connectivity index (χ1) is 8.07. The fourth-order valence-corrected chi connectivity index (χ4v) is 3.55. The molecule has 1 atom stereocenters. The van der Waals surface area contributed by atoms with Crippen LogP contribution in [-0.4, -0.2) is 60.8 Å². The summed E-state index contributed by atoms with van der Waals surface area (Å²) in [5.74, 6) is 0.803. The van der Waals surface area contributed by atoms with Crippen LogP contribution >= 0.6 is 0 Å². The van der Waals surface area contributed by atoms with Crippen LogP contribution in [0.2, 0.25) is 0 Å². The van der Waals surface area contributed by atoms with Crippen molar-refractivity contribution >= 4 is 0 Å². The van der Waals surface area contributed by atoms with Gasteiger partial charge in [-0.3, -0.25) is 0 Å². The lowest BCUT2D eigenvalue weighted by molar-refractivity contribution is -0.0230. The Kier molecular flexibility index (Phi) is 4.45. The van der Waals surface area contributed by atoms with Crippen molar-refractivity contribution < 1.29 is 5.11 Å². The molecule has 0 radical (unpaired) electrons. The molecular weight excluding hydrogens is 212 g/mol. The summed E-state index contributed by atoms with van der Waals surface area (Å²) < 4.78 is 0. The van der Waals surface area contributed by atoms with Gasteiger partial charge in [-0.25, -0.2) is 0 Å². The zero-order valence-corrected chi connectivity index (χ0v) is 11.5. The Labute approximate surface area is 106 Å². The second-order valence-corrected chi connectivity index (χ2v) is 6.40. The van der Waals surface area contributed by atoms with Crippen LogP contribution in [0.5, 0.6) is 0 Å². The summed E-state index contributed by atoms with van der Waals surface area (Å²) in [6.07, 6.45) is 7.04. The van der Waals surface area contributed by atoms with Gasteiger partial charge in [-0.2, -0.15) is 0 Å². The normalized spacial score (nSPS) is 30.0. The molecule has 17 heavy (non-hydrogen) atoms. The van der Waals surface area contributed by atoms with E-state index in [2.05, 4.69) is 23.9 Å². The van der Waals surface area contributed by atoms with Gasteiger partial charge < -0.3 is 14.9 Å². The minimum Gasteiger partial charge on any atom is -0.389 e. The zero-order chi connectivity index (χ0) is 12.3. The Morgan fingerprint density at radius 3 is 2.59 bits per heavy atom. The molecule has 0 aromatic heterocycles. The highest BCUT2D eigenvalue weighted by atomic mass is 16.3. The molecule has 1 aliphatic heterocycles. The first kappa shape index (κ1) is 13.3. The average molecular weight is 240 g/mol. The Morgan fingerprint density at radius 1 is 1.29 bits per heavy atom. The summed E-state index contributed by atoms with van der Waals surface area (Å²) in [7, 11) is 4.37. The van der Waals surface area contributed by atoms with Gasteiger partial charge in [0.25, 0.3) is 0 Å². The first-order valence-corrected chi connectivity index (χ1v) is 7.17. The highest BCUT2D eigenvalue weighted by molar-refractivity contribution is 4.86. The Bertz CT molecular complexity index is 238. The number of likely N-dealkylation sites (N-methyl/N-ethyl adjacent to an activating group) is 1. The van der Waals surface area contributed by atoms with Crippen LogP contribution in [-0.2, 0) is 0 Å². The molecule has 0 aromatic carbocycles. The zero-order valence-electron chi connectivity index (χ0n) is 11.5. The molecule has 1 saturated carbocycles. The minimum atomic E-state index is -0.391. The summed E-state index contributed by atoms with van der Waals surface area (Å²) in [4.78, 5) is 4.77. The van der Waals surface area contributed by atoms with Crippen molar-refractivity contribution in [3.63, 3.8) is 0 Å². The lowest BCUT2D eigenvalue weighted by Crippen LogP contribution is -2.44. The van der Waals surface area contributed by atoms with Crippen molar-refractivity contribution in [1.29, 1.82) is 0 Å². The second-order valence-electron chi connectivity index (χ2n) is 6.40. The second kappa shape index (κ2) is 5.68. The van der Waals surface area contributed by atoms with Crippen LogP contribution in [0.4, 0.5) is 0 Å². The van der Waals surface area contributed by atoms with Gasteiger partial charge in [0.05, 0.1) is 5.60 Å². The maximum atomic E-state index is 10.5. The predicted molar refractivity (Wildman–Crippen MR) is 71.1 cm³/mol. The Morgan fingerprint density at radius 2 is 2.00 bits per heavy atom. The quantitative estimate of drug-likeness (QED) is 0.808. The molecule has 2 rings (SSSR count). The van der Waals surface area contributed by atoms with E-state index < -0.39 is 5.60 Å². The molecule has 1 heterocycles. The van der Waals surface area contributed by atoms with Gasteiger partial charge in [-0.1, -0.05) is 19.3 Å². The van der Waals surface area contributed by atoms with Gasteiger partial charge in [0.15, 0.2) is 0 Å². The molecule has 0 aromatic rings. The Balaban J connectivity index is 1.74. The molecule has 100 valence electrons. The van der Waals surface area contributed by atoms with Crippen LogP contribution in [0.1, 0.15) is 38.5 Å². The molecule has 3 nitrogen and oxygen atoms in total. The number of hydrogen-bond donors (Lipinski definition) is 1. The Hall–Kier alpha value is -0.120. The lowest BCUT2D eigenvalue weighted by atomic mass is 9.84. The fourth-order valence-electron chi connectivity index (χ4n) is 3.55. The topological polar surface area (TPSA) is 26.7 Å². The third-order valence-corrected chi connectivity index (χ3v) is 4.41. The van der Waals surface area contributed by atoms with E-state index >= 15 is 0 Å². The lowest BCUT2D eigenvalue weighted by Gasteiger charge is -2.36. The van der Waals surface area contributed by atoms with Crippen molar-refractivity contribution in [1.82, 2.24) is 9.80 Å². The van der Waals surface area contributed by atoms with Crippen LogP contribution in [0.3, 0.4) is 0 Å². The van der Waals surface area contributed by atoms with Crippen molar-refractivity contribution in [3.8, 4) is 0 Å². The average Bonchev–Trinajstić information content (AvgIpc) is 2.63. The molecule has 1 aliphatic carbocycles. The summed E-state index contributed by atoms with van der Waals surface area (Å²) in [5.41, 5.74) is -0.391. The summed E-state index contributed by atoms with van der Waals surface area (Å²) in [6.45, 7) is 4.48. The number of nitrogens with zero attached hydrogens (tertiary/aromatic N) is 2. The number of likely N-dealkylation sites (tertiary alicyclic amines) is 1. The molecule has 2 fully saturated rings. The molecule has 0 bridgehead atoms. The molecule has 1 N–H and O–H groups in total. The molecular formula is C14H28N2O. The van der Waals surface area contributed by atoms with E-state index in [9.17, 15) is 5.11 Å². The van der Waals surface area contributed by atoms with Crippen molar-refractivity contribution in [3.05, 3.63) is 0 Å². The van der Waals surface area contributed by atoms with Crippen LogP contribution < -0.4 is 0 Å². The van der Waals surface area contributed by atoms with E-state index in [0.29, 0.717) is 0 Å². The first-order valence-electron chi connectivity index (χ1n) is 7.17. The molecule has 1 unspecified atom stereocenters. The van der Waals surface area contributed by atoms with E-state index in [4.69, 9.17) is 0 Å². The molecule has 2 aliphatic rings. The molecule has 0 spiro atoms. The molecule has 0 amide bonds. The predicted octanol–water partition coefficient (Wildman–Crippen LogP) is 1.57. The van der Waals surface area contributed by atoms with Gasteiger partial charge in [0.1, 0.15) is 0 Å². The van der Waals surface area contributed by atoms with Gasteiger partial charge in [0.2, 0.25) is 0 Å². The maximum Gasteiger partial charge on any atom is 0.0774 e. The van der Waals surface area contributed by atoms with Crippen LogP contribution in [0.15, 0.2) is 0 Å². The van der Waals surface area contributed by atoms with Crippen molar-refractivity contribution in [2.24, 2.45) is 5.92 Å². The van der Waals surface area contributed by atoms with Gasteiger partial charge in [-0.15, -0.1) is 0 Å². The van der Waals surface area contributed by atoms with E-state index in [1.807, 2.05) is 0 Å². The van der Waals surface area contributed by atoms with Crippen LogP contribution in [0.25, 0.3) is 0 Å². The van der Waals surface area contributed by atoms with Gasteiger partial charge >= 0.3 is 0 Å². The minimum absolute atomic E-state index is 0.391. The van der Waals surface area contributed by atoms with E-state index in [1.54, 1.807) is 0 Å². The van der Waals surface area contributed by atoms with E-state index in [0.717, 1.165) is 31.8 Å². The summed E-state index contributed by atoms with van der Waals surface area (Å²) >= 11 is 0. The van der Waals surface area contributed by atoms with Crippen molar-refractivity contribution in [2.45, 2.75) is 44.1 Å². The molecule has 1 saturated heterocycles. The van der Waals surface area contributed by atoms with E-state index in [-0.39, 0.29) is 0 Å². The molecule has 3 heteroatoms. The third kappa shape index (κ3) is 3.94. The number of aliphatic hydroxyl groups is 1. The van der Waals surface area contributed by atoms with Gasteiger partial charge in [-0.05, 0) is 45.8 Å². The largest absolute Gasteiger partial charge is 0.389 e. The smallest absolute Gasteiger partial charge is 0.0774 e. The fraction of sp³-hybridized carbons (Fsp3) is 1.00. The standard InChI is InChI=1S/C14H28N2O/c1-15-9-6-13(10-15)11-16(2)12-14(17)7-4-3-5-8-14/h13,17H,3-12H2,1-2H3. The van der Waals surface area contributed by atoms with Crippen molar-refractivity contribution in [2.75, 3.05) is 40.3 Å². The van der Waals surface area contributed by atoms with E-state index in [1.165, 1.54) is 38.8 Å². The summed E-state index contributed by atoms with van der Waals surface area (Å²) in [6, 6.07) is 0. The van der Waals surface area contributed by atoms with Gasteiger partial charge in [0, 0.05) is 19.6 Å². The summed E-state index contributed by atoms with van der Waals surface area (Å²) in [5, 5.41) is 10.5.